The number of nitrogens with zero attached hydrogens (tertiary/aromatic N) is 1. The summed E-state index contributed by atoms with van der Waals surface area (Å²) in [5.74, 6) is 1.22. The van der Waals surface area contributed by atoms with Crippen molar-refractivity contribution >= 4 is 15.8 Å². The third-order valence-electron chi connectivity index (χ3n) is 5.55. The van der Waals surface area contributed by atoms with Crippen LogP contribution in [0.1, 0.15) is 34.3 Å². The molecule has 4 rings (SSSR count). The minimum atomic E-state index is -3.69. The summed E-state index contributed by atoms with van der Waals surface area (Å²) in [7, 11) is -2.12. The summed E-state index contributed by atoms with van der Waals surface area (Å²) in [5.41, 5.74) is 1.31. The fourth-order valence-corrected chi connectivity index (χ4v) is 5.90. The fraction of sp³-hybridized carbons (Fsp3) is 0.381. The Kier molecular flexibility index (Phi) is 4.47. The van der Waals surface area contributed by atoms with Crippen molar-refractivity contribution in [2.75, 3.05) is 20.2 Å². The van der Waals surface area contributed by atoms with Crippen molar-refractivity contribution in [2.24, 2.45) is 0 Å². The number of benzene rings is 2. The Morgan fingerprint density at radius 3 is 2.50 bits per heavy atom. The molecule has 148 valence electrons. The zero-order valence-corrected chi connectivity index (χ0v) is 17.0. The van der Waals surface area contributed by atoms with Crippen LogP contribution in [0.25, 0.3) is 0 Å². The molecule has 1 atom stereocenters. The van der Waals surface area contributed by atoms with Crippen molar-refractivity contribution in [1.29, 1.82) is 0 Å². The molecule has 0 aliphatic carbocycles. The quantitative estimate of drug-likeness (QED) is 0.790. The zero-order chi connectivity index (χ0) is 20.1. The van der Waals surface area contributed by atoms with Crippen molar-refractivity contribution in [3.63, 3.8) is 0 Å². The molecule has 0 aromatic heterocycles. The Hall–Kier alpha value is -2.38. The van der Waals surface area contributed by atoms with Crippen LogP contribution in [-0.4, -0.2) is 44.3 Å². The summed E-state index contributed by atoms with van der Waals surface area (Å²) >= 11 is 0. The van der Waals surface area contributed by atoms with Crippen molar-refractivity contribution in [3.8, 4) is 11.5 Å². The Morgan fingerprint density at radius 1 is 1.14 bits per heavy atom. The van der Waals surface area contributed by atoms with Crippen LogP contribution in [0.15, 0.2) is 41.3 Å². The molecule has 0 saturated carbocycles. The molecule has 6 nitrogen and oxygen atoms in total. The fourth-order valence-electron chi connectivity index (χ4n) is 4.21. The van der Waals surface area contributed by atoms with Crippen molar-refractivity contribution in [3.05, 3.63) is 53.1 Å². The lowest BCUT2D eigenvalue weighted by Gasteiger charge is -2.34. The molecule has 7 heteroatoms. The molecule has 28 heavy (non-hydrogen) atoms. The number of Topliss-reactive ketones (excluding diaryl/α,β-unsaturated/α-hetero) is 1. The van der Waals surface area contributed by atoms with Crippen molar-refractivity contribution in [1.82, 2.24) is 4.31 Å². The van der Waals surface area contributed by atoms with Gasteiger partial charge in [-0.1, -0.05) is 12.1 Å². The summed E-state index contributed by atoms with van der Waals surface area (Å²) in [4.78, 5) is 12.8. The van der Waals surface area contributed by atoms with Crippen LogP contribution < -0.4 is 9.47 Å². The summed E-state index contributed by atoms with van der Waals surface area (Å²) in [5, 5.41) is 0. The number of methoxy groups -OCH3 is 1. The van der Waals surface area contributed by atoms with Gasteiger partial charge in [0.1, 0.15) is 17.1 Å². The van der Waals surface area contributed by atoms with Gasteiger partial charge < -0.3 is 9.47 Å². The molecular weight excluding hydrogens is 378 g/mol. The van der Waals surface area contributed by atoms with Gasteiger partial charge in [-0.25, -0.2) is 8.42 Å². The van der Waals surface area contributed by atoms with E-state index in [4.69, 9.17) is 9.47 Å². The molecule has 1 fully saturated rings. The van der Waals surface area contributed by atoms with E-state index < -0.39 is 15.6 Å². The van der Waals surface area contributed by atoms with Gasteiger partial charge in [0.15, 0.2) is 5.78 Å². The lowest BCUT2D eigenvalue weighted by Crippen LogP contribution is -2.45. The largest absolute Gasteiger partial charge is 0.496 e. The number of ether oxygens (including phenoxy) is 2. The predicted molar refractivity (Wildman–Crippen MR) is 105 cm³/mol. The lowest BCUT2D eigenvalue weighted by atomic mass is 9.89. The summed E-state index contributed by atoms with van der Waals surface area (Å²) in [6.07, 6.45) is 0.678. The van der Waals surface area contributed by atoms with Crippen LogP contribution in [0.3, 0.4) is 0 Å². The van der Waals surface area contributed by atoms with E-state index in [9.17, 15) is 13.2 Å². The van der Waals surface area contributed by atoms with Gasteiger partial charge in [0.05, 0.1) is 30.5 Å². The van der Waals surface area contributed by atoms with Gasteiger partial charge in [0, 0.05) is 13.0 Å². The van der Waals surface area contributed by atoms with Gasteiger partial charge in [-0.3, -0.25) is 4.79 Å². The van der Waals surface area contributed by atoms with E-state index in [0.29, 0.717) is 30.0 Å². The molecule has 0 N–H and O–H groups in total. The van der Waals surface area contributed by atoms with Crippen LogP contribution >= 0.6 is 0 Å². The highest BCUT2D eigenvalue weighted by atomic mass is 32.2. The monoisotopic (exact) mass is 401 g/mol. The van der Waals surface area contributed by atoms with Crippen LogP contribution in [0, 0.1) is 13.8 Å². The predicted octanol–water partition coefficient (Wildman–Crippen LogP) is 3.11. The van der Waals surface area contributed by atoms with Gasteiger partial charge in [0.25, 0.3) is 0 Å². The minimum Gasteiger partial charge on any atom is -0.496 e. The zero-order valence-electron chi connectivity index (χ0n) is 16.2. The van der Waals surface area contributed by atoms with Gasteiger partial charge in [-0.15, -0.1) is 0 Å². The number of fused-ring (bicyclic) bond motifs is 1. The van der Waals surface area contributed by atoms with Crippen LogP contribution in [0.4, 0.5) is 0 Å². The van der Waals surface area contributed by atoms with E-state index in [0.717, 1.165) is 11.1 Å². The maximum atomic E-state index is 13.2. The van der Waals surface area contributed by atoms with E-state index in [-0.39, 0.29) is 23.6 Å². The average Bonchev–Trinajstić information content (AvgIpc) is 3.05. The van der Waals surface area contributed by atoms with E-state index in [1.165, 1.54) is 4.31 Å². The first-order valence-corrected chi connectivity index (χ1v) is 10.7. The van der Waals surface area contributed by atoms with Crippen LogP contribution in [-0.2, 0) is 10.0 Å². The third-order valence-corrected chi connectivity index (χ3v) is 7.38. The number of hydrogen-bond donors (Lipinski definition) is 0. The van der Waals surface area contributed by atoms with Gasteiger partial charge in [-0.05, 0) is 49.2 Å². The van der Waals surface area contributed by atoms with Gasteiger partial charge in [0.2, 0.25) is 10.0 Å². The molecule has 2 aromatic carbocycles. The first-order valence-electron chi connectivity index (χ1n) is 9.22. The number of carbonyl (C=O) groups excluding carboxylic acids is 1. The van der Waals surface area contributed by atoms with E-state index in [2.05, 4.69) is 0 Å². The van der Waals surface area contributed by atoms with Crippen LogP contribution in [0.5, 0.6) is 11.5 Å². The van der Waals surface area contributed by atoms with Gasteiger partial charge >= 0.3 is 0 Å². The highest BCUT2D eigenvalue weighted by molar-refractivity contribution is 7.89. The smallest absolute Gasteiger partial charge is 0.243 e. The lowest BCUT2D eigenvalue weighted by molar-refractivity contribution is 0.0498. The number of carbonyl (C=O) groups is 1. The van der Waals surface area contributed by atoms with Gasteiger partial charge in [-0.2, -0.15) is 4.31 Å². The topological polar surface area (TPSA) is 72.9 Å². The number of para-hydroxylation sites is 1. The SMILES string of the molecule is COc1c(C)cc(S(=O)(=O)N2CCC3(CC(=O)c4ccccc4O3)C2)cc1C. The highest BCUT2D eigenvalue weighted by Crippen LogP contribution is 2.40. The molecule has 1 unspecified atom stereocenters. The number of ketones is 1. The van der Waals surface area contributed by atoms with Crippen LogP contribution in [0.2, 0.25) is 0 Å². The number of aryl methyl sites for hydroxylation is 2. The summed E-state index contributed by atoms with van der Waals surface area (Å²) in [6.45, 7) is 4.15. The average molecular weight is 401 g/mol. The van der Waals surface area contributed by atoms with Crippen molar-refractivity contribution < 1.29 is 22.7 Å². The normalized spacial score (nSPS) is 22.2. The summed E-state index contributed by atoms with van der Waals surface area (Å²) < 4.78 is 39.4. The molecule has 1 saturated heterocycles. The molecule has 2 heterocycles. The van der Waals surface area contributed by atoms with Crippen molar-refractivity contribution in [2.45, 2.75) is 37.2 Å². The molecular formula is C21H23NO5S. The number of rotatable bonds is 3. The molecule has 2 aliphatic heterocycles. The summed E-state index contributed by atoms with van der Waals surface area (Å²) in [6, 6.07) is 10.4. The molecule has 2 aromatic rings. The molecule has 1 spiro atoms. The third kappa shape index (κ3) is 2.99. The number of sulfonamides is 1. The minimum absolute atomic E-state index is 0.00256. The second kappa shape index (κ2) is 6.60. The Bertz CT molecular complexity index is 1040. The molecule has 0 radical (unpaired) electrons. The molecule has 0 bridgehead atoms. The molecule has 2 aliphatic rings. The Balaban J connectivity index is 1.63. The molecule has 0 amide bonds. The first kappa shape index (κ1) is 19.0. The second-order valence-electron chi connectivity index (χ2n) is 7.56. The highest BCUT2D eigenvalue weighted by Gasteiger charge is 2.49. The first-order chi connectivity index (χ1) is 13.3. The Labute approximate surface area is 165 Å². The van der Waals surface area contributed by atoms with E-state index >= 15 is 0 Å². The maximum Gasteiger partial charge on any atom is 0.243 e. The maximum absolute atomic E-state index is 13.2. The standard InChI is InChI=1S/C21H23NO5S/c1-14-10-16(11-15(2)20(14)26-3)28(24,25)22-9-8-21(13-22)12-18(23)17-6-4-5-7-19(17)27-21/h4-7,10-11H,8-9,12-13H2,1-3H3. The Morgan fingerprint density at radius 2 is 1.82 bits per heavy atom. The van der Waals surface area contributed by atoms with E-state index in [1.807, 2.05) is 19.9 Å². The second-order valence-corrected chi connectivity index (χ2v) is 9.50. The van der Waals surface area contributed by atoms with E-state index in [1.54, 1.807) is 37.4 Å². The number of hydrogen-bond acceptors (Lipinski definition) is 5.